The van der Waals surface area contributed by atoms with Crippen molar-refractivity contribution >= 4 is 11.9 Å². The van der Waals surface area contributed by atoms with Gasteiger partial charge in [0.2, 0.25) is 11.9 Å². The Hall–Kier alpha value is -3.17. The van der Waals surface area contributed by atoms with Gasteiger partial charge in [0.05, 0.1) is 30.6 Å². The fraction of sp³-hybridized carbons (Fsp3) is 0.440. The summed E-state index contributed by atoms with van der Waals surface area (Å²) in [4.78, 5) is 25.3. The second-order valence-corrected chi connectivity index (χ2v) is 8.95. The number of benzene rings is 1. The molecule has 0 saturated carbocycles. The minimum Gasteiger partial charge on any atom is -0.378 e. The summed E-state index contributed by atoms with van der Waals surface area (Å²) in [5, 5.41) is 0. The van der Waals surface area contributed by atoms with Gasteiger partial charge < -0.3 is 14.5 Å². The number of ether oxygens (including phenoxy) is 1. The van der Waals surface area contributed by atoms with Gasteiger partial charge in [0, 0.05) is 51.7 Å². The molecule has 0 unspecified atom stereocenters. The van der Waals surface area contributed by atoms with Gasteiger partial charge in [-0.2, -0.15) is 0 Å². The lowest BCUT2D eigenvalue weighted by Gasteiger charge is -2.28. The molecule has 0 N–H and O–H groups in total. The first-order valence-electron chi connectivity index (χ1n) is 11.8. The van der Waals surface area contributed by atoms with E-state index in [0.29, 0.717) is 25.7 Å². The number of nitrogens with zero attached hydrogens (tertiary/aromatic N) is 7. The first kappa shape index (κ1) is 22.6. The number of hydrogen-bond donors (Lipinski definition) is 0. The van der Waals surface area contributed by atoms with Crippen molar-refractivity contribution in [3.05, 3.63) is 59.9 Å². The maximum Gasteiger partial charge on any atom is 0.225 e. The molecule has 3 aromatic rings. The number of hydrogen-bond acceptors (Lipinski definition) is 8. The molecule has 1 aromatic carbocycles. The summed E-state index contributed by atoms with van der Waals surface area (Å²) in [7, 11) is 3.86. The van der Waals surface area contributed by atoms with E-state index in [2.05, 4.69) is 19.8 Å². The minimum absolute atomic E-state index is 0.0989. The Balaban J connectivity index is 1.45. The third kappa shape index (κ3) is 4.85. The molecule has 0 aliphatic carbocycles. The summed E-state index contributed by atoms with van der Waals surface area (Å²) >= 11 is 0. The summed E-state index contributed by atoms with van der Waals surface area (Å²) in [5.74, 6) is 1.15. The quantitative estimate of drug-likeness (QED) is 0.552. The molecule has 0 spiro atoms. The Kier molecular flexibility index (Phi) is 6.64. The summed E-state index contributed by atoms with van der Waals surface area (Å²) in [6, 6.07) is 8.74. The van der Waals surface area contributed by atoms with Gasteiger partial charge in [0.15, 0.2) is 0 Å². The van der Waals surface area contributed by atoms with Crippen LogP contribution in [0.25, 0.3) is 11.1 Å². The maximum atomic E-state index is 14.0. The average Bonchev–Trinajstić information content (AvgIpc) is 3.32. The molecule has 1 atom stereocenters. The normalized spacial score (nSPS) is 18.9. The van der Waals surface area contributed by atoms with Crippen LogP contribution in [0.5, 0.6) is 0 Å². The van der Waals surface area contributed by atoms with E-state index in [4.69, 9.17) is 14.7 Å². The molecule has 2 aromatic heterocycles. The third-order valence-corrected chi connectivity index (χ3v) is 6.38. The van der Waals surface area contributed by atoms with E-state index in [0.717, 1.165) is 60.9 Å². The van der Waals surface area contributed by atoms with Crippen LogP contribution in [0.1, 0.15) is 30.3 Å². The van der Waals surface area contributed by atoms with E-state index in [1.54, 1.807) is 12.1 Å². The van der Waals surface area contributed by atoms with Crippen LogP contribution in [-0.2, 0) is 11.3 Å². The van der Waals surface area contributed by atoms with Crippen LogP contribution in [0, 0.1) is 5.82 Å². The van der Waals surface area contributed by atoms with Gasteiger partial charge >= 0.3 is 0 Å². The zero-order chi connectivity index (χ0) is 23.5. The predicted octanol–water partition coefficient (Wildman–Crippen LogP) is 3.31. The average molecular weight is 464 g/mol. The molecule has 2 aliphatic heterocycles. The fourth-order valence-corrected chi connectivity index (χ4v) is 4.65. The number of aromatic nitrogens is 4. The van der Waals surface area contributed by atoms with Crippen molar-refractivity contribution < 1.29 is 9.13 Å². The summed E-state index contributed by atoms with van der Waals surface area (Å²) in [6.45, 7) is 4.67. The van der Waals surface area contributed by atoms with Gasteiger partial charge in [0.1, 0.15) is 5.82 Å². The smallest absolute Gasteiger partial charge is 0.225 e. The molecular weight excluding hydrogens is 433 g/mol. The molecule has 9 heteroatoms. The van der Waals surface area contributed by atoms with Crippen LogP contribution in [-0.4, -0.2) is 71.8 Å². The SMILES string of the molecule is CN(C)c1ncc(-c2cccc(F)c2)c([C@H]2CCCN2Cc2ccnc(N3CCOCC3)n2)n1. The zero-order valence-corrected chi connectivity index (χ0v) is 19.7. The van der Waals surface area contributed by atoms with Crippen LogP contribution in [0.4, 0.5) is 16.3 Å². The Morgan fingerprint density at radius 1 is 1.09 bits per heavy atom. The van der Waals surface area contributed by atoms with Crippen molar-refractivity contribution in [2.75, 3.05) is 56.7 Å². The lowest BCUT2D eigenvalue weighted by Crippen LogP contribution is -2.37. The van der Waals surface area contributed by atoms with Crippen LogP contribution in [0.15, 0.2) is 42.7 Å². The van der Waals surface area contributed by atoms with E-state index in [1.165, 1.54) is 6.07 Å². The molecule has 8 nitrogen and oxygen atoms in total. The van der Waals surface area contributed by atoms with Crippen molar-refractivity contribution in [3.8, 4) is 11.1 Å². The number of anilines is 2. The van der Waals surface area contributed by atoms with E-state index in [9.17, 15) is 4.39 Å². The third-order valence-electron chi connectivity index (χ3n) is 6.38. The molecule has 0 radical (unpaired) electrons. The first-order valence-corrected chi connectivity index (χ1v) is 11.8. The standard InChI is InChI=1S/C25H30FN7O/c1-31(2)24-28-16-21(18-5-3-6-19(26)15-18)23(30-24)22-7-4-10-33(22)17-20-8-9-27-25(29-20)32-11-13-34-14-12-32/h3,5-6,8-9,15-16,22H,4,7,10-14,17H2,1-2H3/t22-/m1/s1. The molecule has 0 bridgehead atoms. The molecule has 2 aliphatic rings. The highest BCUT2D eigenvalue weighted by Gasteiger charge is 2.31. The van der Waals surface area contributed by atoms with Gasteiger partial charge in [-0.3, -0.25) is 4.90 Å². The predicted molar refractivity (Wildman–Crippen MR) is 129 cm³/mol. The second-order valence-electron chi connectivity index (χ2n) is 8.95. The Labute approximate surface area is 199 Å². The minimum atomic E-state index is -0.264. The second kappa shape index (κ2) is 9.99. The number of likely N-dealkylation sites (tertiary alicyclic amines) is 1. The molecule has 4 heterocycles. The van der Waals surface area contributed by atoms with Crippen LogP contribution in [0.3, 0.4) is 0 Å². The topological polar surface area (TPSA) is 70.5 Å². The van der Waals surface area contributed by atoms with Crippen LogP contribution in [0.2, 0.25) is 0 Å². The first-order chi connectivity index (χ1) is 16.6. The van der Waals surface area contributed by atoms with Crippen molar-refractivity contribution in [3.63, 3.8) is 0 Å². The van der Waals surface area contributed by atoms with Crippen molar-refractivity contribution in [1.82, 2.24) is 24.8 Å². The number of morpholine rings is 1. The highest BCUT2D eigenvalue weighted by Crippen LogP contribution is 2.38. The van der Waals surface area contributed by atoms with E-state index in [-0.39, 0.29) is 11.9 Å². The van der Waals surface area contributed by atoms with Crippen molar-refractivity contribution in [1.29, 1.82) is 0 Å². The summed E-state index contributed by atoms with van der Waals surface area (Å²) in [6.07, 6.45) is 5.71. The molecule has 5 rings (SSSR count). The molecule has 34 heavy (non-hydrogen) atoms. The zero-order valence-electron chi connectivity index (χ0n) is 19.7. The van der Waals surface area contributed by atoms with Crippen molar-refractivity contribution in [2.24, 2.45) is 0 Å². The Morgan fingerprint density at radius 3 is 2.74 bits per heavy atom. The monoisotopic (exact) mass is 463 g/mol. The largest absolute Gasteiger partial charge is 0.378 e. The number of rotatable bonds is 6. The van der Waals surface area contributed by atoms with Crippen LogP contribution >= 0.6 is 0 Å². The summed E-state index contributed by atoms with van der Waals surface area (Å²) < 4.78 is 19.5. The molecule has 2 fully saturated rings. The van der Waals surface area contributed by atoms with E-state index < -0.39 is 0 Å². The van der Waals surface area contributed by atoms with E-state index in [1.807, 2.05) is 43.5 Å². The fourth-order valence-electron chi connectivity index (χ4n) is 4.65. The Bertz CT molecular complexity index is 1140. The Morgan fingerprint density at radius 2 is 1.94 bits per heavy atom. The summed E-state index contributed by atoms with van der Waals surface area (Å²) in [5.41, 5.74) is 3.59. The molecule has 0 amide bonds. The highest BCUT2D eigenvalue weighted by molar-refractivity contribution is 5.66. The highest BCUT2D eigenvalue weighted by atomic mass is 19.1. The molecule has 178 valence electrons. The maximum absolute atomic E-state index is 14.0. The molecule has 2 saturated heterocycles. The van der Waals surface area contributed by atoms with Gasteiger partial charge in [-0.25, -0.2) is 24.3 Å². The van der Waals surface area contributed by atoms with Gasteiger partial charge in [0.25, 0.3) is 0 Å². The van der Waals surface area contributed by atoms with Gasteiger partial charge in [-0.05, 0) is 43.1 Å². The molecular formula is C25H30FN7O. The van der Waals surface area contributed by atoms with Gasteiger partial charge in [-0.15, -0.1) is 0 Å². The van der Waals surface area contributed by atoms with E-state index >= 15 is 0 Å². The lowest BCUT2D eigenvalue weighted by atomic mass is 9.99. The number of halogens is 1. The van der Waals surface area contributed by atoms with Crippen LogP contribution < -0.4 is 9.80 Å². The lowest BCUT2D eigenvalue weighted by molar-refractivity contribution is 0.122. The van der Waals surface area contributed by atoms with Crippen molar-refractivity contribution in [2.45, 2.75) is 25.4 Å². The van der Waals surface area contributed by atoms with Gasteiger partial charge in [-0.1, -0.05) is 12.1 Å².